The Morgan fingerprint density at radius 3 is 3.00 bits per heavy atom. The molecule has 0 aromatic rings. The van der Waals surface area contributed by atoms with Crippen LogP contribution in [-0.2, 0) is 4.84 Å². The van der Waals surface area contributed by atoms with E-state index in [1.54, 1.807) is 13.3 Å². The lowest BCUT2D eigenvalue weighted by molar-refractivity contribution is 0.215. The second-order valence-electron chi connectivity index (χ2n) is 2.64. The van der Waals surface area contributed by atoms with Gasteiger partial charge in [-0.05, 0) is 28.9 Å². The molecule has 0 aliphatic heterocycles. The van der Waals surface area contributed by atoms with Gasteiger partial charge in [-0.1, -0.05) is 23.4 Å². The summed E-state index contributed by atoms with van der Waals surface area (Å²) >= 11 is 0. The van der Waals surface area contributed by atoms with Crippen LogP contribution in [0.5, 0.6) is 0 Å². The summed E-state index contributed by atoms with van der Waals surface area (Å²) in [6.45, 7) is 0. The van der Waals surface area contributed by atoms with Gasteiger partial charge in [0.2, 0.25) is 0 Å². The summed E-state index contributed by atoms with van der Waals surface area (Å²) in [4.78, 5) is 4.59. The van der Waals surface area contributed by atoms with Gasteiger partial charge in [-0.15, -0.1) is 0 Å². The highest BCUT2D eigenvalue weighted by Gasteiger charge is 2.10. The summed E-state index contributed by atoms with van der Waals surface area (Å²) in [6.07, 6.45) is 12.1. The second-order valence-corrected chi connectivity index (χ2v) is 2.64. The van der Waals surface area contributed by atoms with E-state index in [0.29, 0.717) is 0 Å². The van der Waals surface area contributed by atoms with Crippen molar-refractivity contribution in [3.05, 3.63) is 47.1 Å². The number of hydrogen-bond acceptors (Lipinski definition) is 2. The van der Waals surface area contributed by atoms with E-state index in [9.17, 15) is 0 Å². The number of nitrogens with zero attached hydrogens (tertiary/aromatic N) is 1. The summed E-state index contributed by atoms with van der Waals surface area (Å²) in [7, 11) is 1.54. The fraction of sp³-hybridized carbons (Fsp3) is 0.100. The molecule has 2 rings (SSSR count). The van der Waals surface area contributed by atoms with Gasteiger partial charge in [-0.2, -0.15) is 0 Å². The molecule has 0 aromatic heterocycles. The van der Waals surface area contributed by atoms with Crippen molar-refractivity contribution in [3.8, 4) is 0 Å². The van der Waals surface area contributed by atoms with E-state index >= 15 is 0 Å². The third kappa shape index (κ3) is 1.11. The molecule has 0 unspecified atom stereocenters. The molecule has 0 radical (unpaired) electrons. The van der Waals surface area contributed by atoms with Crippen LogP contribution in [0.25, 0.3) is 0 Å². The normalized spacial score (nSPS) is 19.2. The van der Waals surface area contributed by atoms with E-state index in [1.807, 2.05) is 6.08 Å². The monoisotopic (exact) mass is 159 g/mol. The van der Waals surface area contributed by atoms with Crippen molar-refractivity contribution in [2.24, 2.45) is 5.16 Å². The maximum absolute atomic E-state index is 4.59. The lowest BCUT2D eigenvalue weighted by atomic mass is 10.2. The van der Waals surface area contributed by atoms with Crippen LogP contribution in [0.1, 0.15) is 0 Å². The first-order chi connectivity index (χ1) is 5.90. The van der Waals surface area contributed by atoms with Crippen molar-refractivity contribution in [2.75, 3.05) is 7.11 Å². The Morgan fingerprint density at radius 1 is 1.33 bits per heavy atom. The van der Waals surface area contributed by atoms with E-state index in [-0.39, 0.29) is 0 Å². The van der Waals surface area contributed by atoms with Crippen molar-refractivity contribution in [1.29, 1.82) is 0 Å². The zero-order valence-electron chi connectivity index (χ0n) is 6.82. The average molecular weight is 159 g/mol. The molecule has 0 N–H and O–H groups in total. The summed E-state index contributed by atoms with van der Waals surface area (Å²) < 4.78 is 0. The Balaban J connectivity index is 2.19. The Hall–Kier alpha value is -1.57. The van der Waals surface area contributed by atoms with E-state index in [1.165, 1.54) is 11.1 Å². The van der Waals surface area contributed by atoms with Crippen LogP contribution in [0.3, 0.4) is 0 Å². The highest BCUT2D eigenvalue weighted by Crippen LogP contribution is 2.27. The topological polar surface area (TPSA) is 21.6 Å². The fourth-order valence-corrected chi connectivity index (χ4v) is 1.30. The molecule has 0 atom stereocenters. The molecule has 2 aliphatic carbocycles. The molecule has 2 aliphatic rings. The van der Waals surface area contributed by atoms with Gasteiger partial charge in [0.15, 0.2) is 0 Å². The van der Waals surface area contributed by atoms with Crippen LogP contribution >= 0.6 is 0 Å². The Bertz CT molecular complexity index is 343. The van der Waals surface area contributed by atoms with Gasteiger partial charge < -0.3 is 4.84 Å². The maximum atomic E-state index is 4.59. The molecule has 0 saturated heterocycles. The van der Waals surface area contributed by atoms with Crippen LogP contribution < -0.4 is 0 Å². The van der Waals surface area contributed by atoms with Crippen molar-refractivity contribution in [1.82, 2.24) is 0 Å². The van der Waals surface area contributed by atoms with E-state index in [0.717, 1.165) is 5.57 Å². The van der Waals surface area contributed by atoms with Gasteiger partial charge in [0.25, 0.3) is 0 Å². The molecule has 0 aromatic carbocycles. The van der Waals surface area contributed by atoms with Crippen molar-refractivity contribution in [3.63, 3.8) is 0 Å². The minimum atomic E-state index is 1.09. The van der Waals surface area contributed by atoms with Gasteiger partial charge in [0.1, 0.15) is 7.11 Å². The predicted molar refractivity (Wildman–Crippen MR) is 48.9 cm³/mol. The highest BCUT2D eigenvalue weighted by atomic mass is 16.6. The van der Waals surface area contributed by atoms with Crippen molar-refractivity contribution >= 4 is 6.21 Å². The zero-order chi connectivity index (χ0) is 8.39. The summed E-state index contributed by atoms with van der Waals surface area (Å²) in [5.74, 6) is 0. The molecule has 0 amide bonds. The van der Waals surface area contributed by atoms with Gasteiger partial charge in [-0.25, -0.2) is 0 Å². The van der Waals surface area contributed by atoms with Crippen LogP contribution in [0.2, 0.25) is 0 Å². The largest absolute Gasteiger partial charge is 0.399 e. The van der Waals surface area contributed by atoms with Gasteiger partial charge in [0, 0.05) is 0 Å². The molecule has 0 bridgehead atoms. The van der Waals surface area contributed by atoms with Crippen molar-refractivity contribution < 1.29 is 4.84 Å². The Labute approximate surface area is 71.2 Å². The summed E-state index contributed by atoms with van der Waals surface area (Å²) in [5, 5.41) is 3.69. The first-order valence-corrected chi connectivity index (χ1v) is 3.79. The van der Waals surface area contributed by atoms with Crippen molar-refractivity contribution in [2.45, 2.75) is 0 Å². The third-order valence-corrected chi connectivity index (χ3v) is 1.84. The van der Waals surface area contributed by atoms with Gasteiger partial charge >= 0.3 is 0 Å². The number of rotatable bonds is 2. The molecule has 2 heteroatoms. The molecule has 0 saturated carbocycles. The number of fused-ring (bicyclic) bond motifs is 1. The summed E-state index contributed by atoms with van der Waals surface area (Å²) in [5.41, 5.74) is 3.60. The lowest BCUT2D eigenvalue weighted by Crippen LogP contribution is -1.77. The maximum Gasteiger partial charge on any atom is 0.106 e. The van der Waals surface area contributed by atoms with Gasteiger partial charge in [0.05, 0.1) is 6.21 Å². The van der Waals surface area contributed by atoms with E-state index < -0.39 is 0 Å². The van der Waals surface area contributed by atoms with Crippen LogP contribution in [0.4, 0.5) is 0 Å². The summed E-state index contributed by atoms with van der Waals surface area (Å²) in [6, 6.07) is 0. The first kappa shape index (κ1) is 7.10. The van der Waals surface area contributed by atoms with Crippen LogP contribution in [-0.4, -0.2) is 13.3 Å². The third-order valence-electron chi connectivity index (χ3n) is 1.84. The SMILES string of the molecule is CON=CC1=CC2=CC=CC2=C1. The number of hydrogen-bond donors (Lipinski definition) is 0. The quantitative estimate of drug-likeness (QED) is 0.446. The Morgan fingerprint density at radius 2 is 2.25 bits per heavy atom. The second kappa shape index (κ2) is 2.81. The van der Waals surface area contributed by atoms with E-state index in [2.05, 4.69) is 34.3 Å². The lowest BCUT2D eigenvalue weighted by Gasteiger charge is -1.85. The number of oxime groups is 1. The van der Waals surface area contributed by atoms with Gasteiger partial charge in [-0.3, -0.25) is 0 Å². The molecular formula is C10H9NO. The molecule has 2 nitrogen and oxygen atoms in total. The predicted octanol–water partition coefficient (Wildman–Crippen LogP) is 1.98. The zero-order valence-corrected chi connectivity index (χ0v) is 6.82. The van der Waals surface area contributed by atoms with Crippen LogP contribution in [0, 0.1) is 0 Å². The standard InChI is InChI=1S/C10H9NO/c1-12-11-7-8-5-9-3-2-4-10(9)6-8/h2-7H,1H3. The smallest absolute Gasteiger partial charge is 0.106 e. The number of allylic oxidation sites excluding steroid dienone is 8. The molecule has 12 heavy (non-hydrogen) atoms. The minimum absolute atomic E-state index is 1.09. The molecule has 60 valence electrons. The molecule has 0 spiro atoms. The molecule has 0 fully saturated rings. The first-order valence-electron chi connectivity index (χ1n) is 3.79. The fourth-order valence-electron chi connectivity index (χ4n) is 1.30. The highest BCUT2D eigenvalue weighted by molar-refractivity contribution is 5.87. The van der Waals surface area contributed by atoms with Crippen LogP contribution in [0.15, 0.2) is 52.3 Å². The average Bonchev–Trinajstić information content (AvgIpc) is 2.58. The Kier molecular flexibility index (Phi) is 1.67. The molecular weight excluding hydrogens is 150 g/mol. The van der Waals surface area contributed by atoms with E-state index in [4.69, 9.17) is 0 Å². The minimum Gasteiger partial charge on any atom is -0.399 e. The molecule has 0 heterocycles.